The first kappa shape index (κ1) is 20.5. The first-order valence-corrected chi connectivity index (χ1v) is 10.2. The molecule has 0 aliphatic heterocycles. The summed E-state index contributed by atoms with van der Waals surface area (Å²) in [6, 6.07) is 23.2. The minimum absolute atomic E-state index is 0.582. The molecular formula is C26H26O4. The summed E-state index contributed by atoms with van der Waals surface area (Å²) in [5, 5.41) is 45.8. The maximum absolute atomic E-state index is 10.8. The zero-order chi connectivity index (χ0) is 21.4. The standard InChI is InChI=1S/C26H26O4/c1-15(27)25(29)21-13-11-17-7-3-5-9-19(17)23(21)24-20-10-6-4-8-18(20)12-14-22(24)26(30)16(2)28/h3-16,25-30H,1-2H3/t15-,16+,25-,26-/m0/s1. The number of fused-ring (bicyclic) bond motifs is 2. The van der Waals surface area contributed by atoms with E-state index < -0.39 is 24.4 Å². The van der Waals surface area contributed by atoms with Gasteiger partial charge in [-0.15, -0.1) is 0 Å². The Morgan fingerprint density at radius 3 is 1.23 bits per heavy atom. The fourth-order valence-electron chi connectivity index (χ4n) is 4.15. The summed E-state index contributed by atoms with van der Waals surface area (Å²) in [6.45, 7) is 3.11. The van der Waals surface area contributed by atoms with Gasteiger partial charge in [0.05, 0.1) is 12.2 Å². The summed E-state index contributed by atoms with van der Waals surface area (Å²) in [4.78, 5) is 0. The van der Waals surface area contributed by atoms with Crippen molar-refractivity contribution < 1.29 is 20.4 Å². The molecule has 4 aromatic carbocycles. The SMILES string of the molecule is C[C@H](O)[C@H](O)c1ccc2ccccc2c1-c1c([C@@H](O)[C@@H](C)O)ccc2ccccc12. The highest BCUT2D eigenvalue weighted by Crippen LogP contribution is 2.43. The van der Waals surface area contributed by atoms with Gasteiger partial charge in [0.1, 0.15) is 12.2 Å². The van der Waals surface area contributed by atoms with Gasteiger partial charge in [-0.05, 0) is 57.6 Å². The number of aliphatic hydroxyl groups is 4. The molecule has 0 amide bonds. The first-order chi connectivity index (χ1) is 14.4. The van der Waals surface area contributed by atoms with E-state index in [-0.39, 0.29) is 0 Å². The largest absolute Gasteiger partial charge is 0.390 e. The zero-order valence-electron chi connectivity index (χ0n) is 17.0. The van der Waals surface area contributed by atoms with E-state index in [4.69, 9.17) is 0 Å². The van der Waals surface area contributed by atoms with E-state index in [9.17, 15) is 20.4 Å². The molecule has 4 atom stereocenters. The Balaban J connectivity index is 2.19. The normalized spacial score (nSPS) is 15.8. The molecule has 0 aromatic heterocycles. The summed E-state index contributed by atoms with van der Waals surface area (Å²) >= 11 is 0. The molecule has 0 spiro atoms. The summed E-state index contributed by atoms with van der Waals surface area (Å²) in [5.74, 6) is 0. The lowest BCUT2D eigenvalue weighted by atomic mass is 9.83. The topological polar surface area (TPSA) is 80.9 Å². The average molecular weight is 402 g/mol. The van der Waals surface area contributed by atoms with Crippen LogP contribution in [0.4, 0.5) is 0 Å². The van der Waals surface area contributed by atoms with Crippen LogP contribution in [0.15, 0.2) is 72.8 Å². The predicted molar refractivity (Wildman–Crippen MR) is 120 cm³/mol. The van der Waals surface area contributed by atoms with E-state index in [1.807, 2.05) is 72.8 Å². The number of aliphatic hydroxyl groups excluding tert-OH is 4. The maximum Gasteiger partial charge on any atom is 0.105 e. The van der Waals surface area contributed by atoms with Crippen molar-refractivity contribution in [1.29, 1.82) is 0 Å². The highest BCUT2D eigenvalue weighted by molar-refractivity contribution is 6.08. The van der Waals surface area contributed by atoms with Crippen molar-refractivity contribution in [3.8, 4) is 11.1 Å². The molecular weight excluding hydrogens is 376 g/mol. The number of rotatable bonds is 5. The van der Waals surface area contributed by atoms with Crippen molar-refractivity contribution >= 4 is 21.5 Å². The number of benzene rings is 4. The molecule has 0 saturated heterocycles. The van der Waals surface area contributed by atoms with Crippen LogP contribution in [-0.2, 0) is 0 Å². The Morgan fingerprint density at radius 2 is 0.867 bits per heavy atom. The van der Waals surface area contributed by atoms with Crippen LogP contribution in [0.3, 0.4) is 0 Å². The summed E-state index contributed by atoms with van der Waals surface area (Å²) in [6.07, 6.45) is -4.13. The highest BCUT2D eigenvalue weighted by atomic mass is 16.3. The Bertz CT molecular complexity index is 1100. The van der Waals surface area contributed by atoms with E-state index in [2.05, 4.69) is 0 Å². The van der Waals surface area contributed by atoms with Crippen LogP contribution in [0.2, 0.25) is 0 Å². The molecule has 0 fully saturated rings. The van der Waals surface area contributed by atoms with Crippen LogP contribution in [0, 0.1) is 0 Å². The van der Waals surface area contributed by atoms with E-state index in [0.29, 0.717) is 11.1 Å². The molecule has 4 aromatic rings. The minimum Gasteiger partial charge on any atom is -0.390 e. The molecule has 30 heavy (non-hydrogen) atoms. The van der Waals surface area contributed by atoms with Crippen molar-refractivity contribution in [3.05, 3.63) is 83.9 Å². The van der Waals surface area contributed by atoms with Gasteiger partial charge in [0.2, 0.25) is 0 Å². The van der Waals surface area contributed by atoms with Crippen LogP contribution in [0.25, 0.3) is 32.7 Å². The van der Waals surface area contributed by atoms with E-state index in [1.54, 1.807) is 13.8 Å². The zero-order valence-corrected chi connectivity index (χ0v) is 17.0. The quantitative estimate of drug-likeness (QED) is 0.397. The second-order valence-corrected chi connectivity index (χ2v) is 7.87. The molecule has 0 bridgehead atoms. The van der Waals surface area contributed by atoms with Crippen LogP contribution < -0.4 is 0 Å². The van der Waals surface area contributed by atoms with E-state index in [0.717, 1.165) is 32.7 Å². The van der Waals surface area contributed by atoms with Crippen molar-refractivity contribution in [3.63, 3.8) is 0 Å². The fraction of sp³-hybridized carbons (Fsp3) is 0.231. The minimum atomic E-state index is -1.10. The van der Waals surface area contributed by atoms with Crippen LogP contribution in [-0.4, -0.2) is 32.6 Å². The molecule has 0 aliphatic rings. The monoisotopic (exact) mass is 402 g/mol. The molecule has 0 unspecified atom stereocenters. The lowest BCUT2D eigenvalue weighted by molar-refractivity contribution is 0.0299. The van der Waals surface area contributed by atoms with Crippen molar-refractivity contribution in [2.75, 3.05) is 0 Å². The molecule has 0 radical (unpaired) electrons. The van der Waals surface area contributed by atoms with Gasteiger partial charge < -0.3 is 20.4 Å². The molecule has 0 saturated carbocycles. The summed E-state index contributed by atoms with van der Waals surface area (Å²) in [5.41, 5.74) is 2.68. The van der Waals surface area contributed by atoms with Crippen molar-refractivity contribution in [1.82, 2.24) is 0 Å². The second-order valence-electron chi connectivity index (χ2n) is 7.87. The van der Waals surface area contributed by atoms with Gasteiger partial charge in [-0.2, -0.15) is 0 Å². The summed E-state index contributed by atoms with van der Waals surface area (Å²) < 4.78 is 0. The van der Waals surface area contributed by atoms with Crippen molar-refractivity contribution in [2.24, 2.45) is 0 Å². The molecule has 4 rings (SSSR count). The van der Waals surface area contributed by atoms with E-state index in [1.165, 1.54) is 0 Å². The lowest BCUT2D eigenvalue weighted by Crippen LogP contribution is -2.17. The van der Waals surface area contributed by atoms with Crippen molar-refractivity contribution in [2.45, 2.75) is 38.3 Å². The Labute approximate surface area is 175 Å². The maximum atomic E-state index is 10.8. The van der Waals surface area contributed by atoms with Crippen LogP contribution in [0.5, 0.6) is 0 Å². The molecule has 0 heterocycles. The third-order valence-electron chi connectivity index (χ3n) is 5.72. The molecule has 154 valence electrons. The molecule has 4 heteroatoms. The van der Waals surface area contributed by atoms with E-state index >= 15 is 0 Å². The Hall–Kier alpha value is -2.76. The highest BCUT2D eigenvalue weighted by Gasteiger charge is 2.26. The first-order valence-electron chi connectivity index (χ1n) is 10.2. The van der Waals surface area contributed by atoms with Gasteiger partial charge in [0, 0.05) is 0 Å². The molecule has 4 nitrogen and oxygen atoms in total. The van der Waals surface area contributed by atoms with Gasteiger partial charge >= 0.3 is 0 Å². The Morgan fingerprint density at radius 1 is 0.500 bits per heavy atom. The smallest absolute Gasteiger partial charge is 0.105 e. The van der Waals surface area contributed by atoms with Crippen LogP contribution in [0.1, 0.15) is 37.2 Å². The Kier molecular flexibility index (Phi) is 5.58. The second kappa shape index (κ2) is 8.17. The number of hydrogen-bond acceptors (Lipinski definition) is 4. The summed E-state index contributed by atoms with van der Waals surface area (Å²) in [7, 11) is 0. The lowest BCUT2D eigenvalue weighted by Gasteiger charge is -2.25. The van der Waals surface area contributed by atoms with Crippen LogP contribution >= 0.6 is 0 Å². The predicted octanol–water partition coefficient (Wildman–Crippen LogP) is 4.49. The van der Waals surface area contributed by atoms with Gasteiger partial charge in [0.25, 0.3) is 0 Å². The third-order valence-corrected chi connectivity index (χ3v) is 5.72. The van der Waals surface area contributed by atoms with Gasteiger partial charge in [-0.25, -0.2) is 0 Å². The average Bonchev–Trinajstić information content (AvgIpc) is 2.76. The fourth-order valence-corrected chi connectivity index (χ4v) is 4.15. The van der Waals surface area contributed by atoms with Gasteiger partial charge in [0.15, 0.2) is 0 Å². The molecule has 0 aliphatic carbocycles. The third kappa shape index (κ3) is 3.48. The van der Waals surface area contributed by atoms with Gasteiger partial charge in [-0.3, -0.25) is 0 Å². The molecule has 4 N–H and O–H groups in total. The van der Waals surface area contributed by atoms with Gasteiger partial charge in [-0.1, -0.05) is 72.8 Å². The number of hydrogen-bond donors (Lipinski definition) is 4.